The highest BCUT2D eigenvalue weighted by molar-refractivity contribution is 5.98. The number of hydrogen-bond acceptors (Lipinski definition) is 4. The molecule has 0 aromatic heterocycles. The molecular weight excluding hydrogens is 130 g/mol. The topological polar surface area (TPSA) is 79.0 Å². The maximum atomic E-state index is 10.7. The number of carbonyl (C=O) groups excluding carboxylic acids is 1. The highest BCUT2D eigenvalue weighted by Gasteiger charge is 2.03. The maximum Gasteiger partial charge on any atom is 0.177 e. The van der Waals surface area contributed by atoms with Crippen LogP contribution >= 0.6 is 0 Å². The summed E-state index contributed by atoms with van der Waals surface area (Å²) in [6, 6.07) is 0. The number of nitrogens with one attached hydrogen (secondary N) is 2. The van der Waals surface area contributed by atoms with Gasteiger partial charge in [0, 0.05) is 20.2 Å². The molecule has 0 atom stereocenters. The first-order valence-corrected chi connectivity index (χ1v) is 2.82. The number of Topliss-reactive ketones (excluding diaryl/α,β-unsaturated/α-hetero) is 1. The summed E-state index contributed by atoms with van der Waals surface area (Å²) in [7, 11) is 1.59. The minimum atomic E-state index is -0.163. The number of likely N-dealkylation sites (N-methyl/N-ethyl adjacent to an activating group) is 1. The number of carbonyl (C=O) groups is 1. The van der Waals surface area contributed by atoms with Crippen molar-refractivity contribution in [3.8, 4) is 0 Å². The van der Waals surface area contributed by atoms with Crippen molar-refractivity contribution in [3.63, 3.8) is 0 Å². The molecule has 0 rings (SSSR count). The largest absolute Gasteiger partial charge is 0.396 e. The number of ketones is 1. The first-order valence-electron chi connectivity index (χ1n) is 2.82. The van der Waals surface area contributed by atoms with Gasteiger partial charge in [-0.1, -0.05) is 0 Å². The average Bonchev–Trinajstić information content (AvgIpc) is 1.88. The molecule has 0 saturated carbocycles. The molecule has 0 aliphatic heterocycles. The van der Waals surface area contributed by atoms with Crippen LogP contribution in [0, 0.1) is 5.41 Å². The first kappa shape index (κ1) is 8.68. The van der Waals surface area contributed by atoms with E-state index in [-0.39, 0.29) is 17.2 Å². The van der Waals surface area contributed by atoms with Crippen molar-refractivity contribution in [3.05, 3.63) is 11.4 Å². The molecule has 0 bridgehead atoms. The molecule has 4 nitrogen and oxygen atoms in total. The van der Waals surface area contributed by atoms with E-state index >= 15 is 0 Å². The van der Waals surface area contributed by atoms with E-state index in [4.69, 9.17) is 11.1 Å². The van der Waals surface area contributed by atoms with Gasteiger partial charge in [-0.25, -0.2) is 0 Å². The van der Waals surface area contributed by atoms with Gasteiger partial charge in [-0.15, -0.1) is 0 Å². The Bertz CT molecular complexity index is 183. The average molecular weight is 141 g/mol. The molecule has 0 heterocycles. The Labute approximate surface area is 59.6 Å². The quantitative estimate of drug-likeness (QED) is 0.370. The van der Waals surface area contributed by atoms with Gasteiger partial charge >= 0.3 is 0 Å². The van der Waals surface area contributed by atoms with Crippen molar-refractivity contribution in [2.45, 2.75) is 6.92 Å². The molecule has 0 aromatic carbocycles. The van der Waals surface area contributed by atoms with Crippen molar-refractivity contribution < 1.29 is 4.79 Å². The van der Waals surface area contributed by atoms with Crippen LogP contribution in [-0.2, 0) is 4.79 Å². The van der Waals surface area contributed by atoms with Crippen molar-refractivity contribution in [2.75, 3.05) is 7.05 Å². The van der Waals surface area contributed by atoms with E-state index in [2.05, 4.69) is 5.32 Å². The third-order valence-corrected chi connectivity index (χ3v) is 1.05. The van der Waals surface area contributed by atoms with E-state index in [0.717, 1.165) is 6.21 Å². The van der Waals surface area contributed by atoms with E-state index in [1.165, 1.54) is 6.92 Å². The second kappa shape index (κ2) is 3.66. The highest BCUT2D eigenvalue weighted by atomic mass is 16.1. The Morgan fingerprint density at radius 2 is 2.20 bits per heavy atom. The second-order valence-electron chi connectivity index (χ2n) is 1.78. The predicted octanol–water partition coefficient (Wildman–Crippen LogP) is -0.385. The molecule has 0 aromatic rings. The van der Waals surface area contributed by atoms with Gasteiger partial charge < -0.3 is 16.5 Å². The van der Waals surface area contributed by atoms with Crippen molar-refractivity contribution in [2.24, 2.45) is 5.73 Å². The molecule has 56 valence electrons. The smallest absolute Gasteiger partial charge is 0.177 e. The van der Waals surface area contributed by atoms with Crippen molar-refractivity contribution in [1.82, 2.24) is 5.32 Å². The van der Waals surface area contributed by atoms with Gasteiger partial charge in [0.15, 0.2) is 5.78 Å². The number of allylic oxidation sites excluding steroid dienone is 2. The van der Waals surface area contributed by atoms with Crippen LogP contribution in [-0.4, -0.2) is 19.0 Å². The molecule has 0 unspecified atom stereocenters. The summed E-state index contributed by atoms with van der Waals surface area (Å²) < 4.78 is 0. The van der Waals surface area contributed by atoms with E-state index in [1.807, 2.05) is 0 Å². The molecule has 4 N–H and O–H groups in total. The van der Waals surface area contributed by atoms with E-state index < -0.39 is 0 Å². The number of rotatable bonds is 3. The Kier molecular flexibility index (Phi) is 3.17. The molecule has 0 saturated heterocycles. The highest BCUT2D eigenvalue weighted by Crippen LogP contribution is 1.91. The van der Waals surface area contributed by atoms with Gasteiger partial charge in [-0.3, -0.25) is 4.79 Å². The van der Waals surface area contributed by atoms with Crippen LogP contribution in [0.4, 0.5) is 0 Å². The standard InChI is InChI=1S/C6H11N3O/c1-4(10)6(9-2)5(8)3-7/h3,7,9H,8H2,1-2H3/b6-5+,7-3?. The third-order valence-electron chi connectivity index (χ3n) is 1.05. The zero-order chi connectivity index (χ0) is 8.15. The molecule has 0 spiro atoms. The minimum Gasteiger partial charge on any atom is -0.396 e. The summed E-state index contributed by atoms with van der Waals surface area (Å²) in [5.41, 5.74) is 5.73. The van der Waals surface area contributed by atoms with Gasteiger partial charge in [0.2, 0.25) is 0 Å². The fourth-order valence-electron chi connectivity index (χ4n) is 0.596. The lowest BCUT2D eigenvalue weighted by Crippen LogP contribution is -2.20. The number of nitrogens with two attached hydrogens (primary N) is 1. The van der Waals surface area contributed by atoms with Crippen molar-refractivity contribution >= 4 is 12.0 Å². The Morgan fingerprint density at radius 3 is 2.30 bits per heavy atom. The van der Waals surface area contributed by atoms with Crippen LogP contribution in [0.5, 0.6) is 0 Å². The fraction of sp³-hybridized carbons (Fsp3) is 0.333. The van der Waals surface area contributed by atoms with Gasteiger partial charge in [0.1, 0.15) is 5.70 Å². The molecule has 0 amide bonds. The maximum absolute atomic E-state index is 10.7. The van der Waals surface area contributed by atoms with E-state index in [0.29, 0.717) is 0 Å². The molecule has 0 radical (unpaired) electrons. The van der Waals surface area contributed by atoms with Crippen molar-refractivity contribution in [1.29, 1.82) is 5.41 Å². The Balaban J connectivity index is 4.62. The zero-order valence-electron chi connectivity index (χ0n) is 6.06. The molecule has 10 heavy (non-hydrogen) atoms. The number of hydrogen-bond donors (Lipinski definition) is 3. The van der Waals surface area contributed by atoms with Gasteiger partial charge in [0.25, 0.3) is 0 Å². The normalized spacial score (nSPS) is 11.8. The predicted molar refractivity (Wildman–Crippen MR) is 39.7 cm³/mol. The summed E-state index contributed by atoms with van der Waals surface area (Å²) in [5.74, 6) is -0.163. The molecule has 0 fully saturated rings. The van der Waals surface area contributed by atoms with E-state index in [9.17, 15) is 4.79 Å². The monoisotopic (exact) mass is 141 g/mol. The van der Waals surface area contributed by atoms with Gasteiger partial charge in [-0.2, -0.15) is 0 Å². The third kappa shape index (κ3) is 1.89. The zero-order valence-corrected chi connectivity index (χ0v) is 6.06. The van der Waals surface area contributed by atoms with Gasteiger partial charge in [-0.05, 0) is 0 Å². The molecule has 0 aliphatic carbocycles. The minimum absolute atomic E-state index is 0.162. The Morgan fingerprint density at radius 1 is 1.70 bits per heavy atom. The van der Waals surface area contributed by atoms with Gasteiger partial charge in [0.05, 0.1) is 5.70 Å². The molecule has 0 aliphatic rings. The second-order valence-corrected chi connectivity index (χ2v) is 1.78. The van der Waals surface area contributed by atoms with Crippen LogP contribution in [0.2, 0.25) is 0 Å². The molecule has 4 heteroatoms. The van der Waals surface area contributed by atoms with Crippen LogP contribution in [0.25, 0.3) is 0 Å². The summed E-state index contributed by atoms with van der Waals surface area (Å²) in [4.78, 5) is 10.7. The summed E-state index contributed by atoms with van der Waals surface area (Å²) in [6.07, 6.45) is 0.938. The Hall–Kier alpha value is -1.32. The summed E-state index contributed by atoms with van der Waals surface area (Å²) in [6.45, 7) is 1.39. The summed E-state index contributed by atoms with van der Waals surface area (Å²) in [5, 5.41) is 9.34. The van der Waals surface area contributed by atoms with Crippen LogP contribution in [0.1, 0.15) is 6.92 Å². The summed E-state index contributed by atoms with van der Waals surface area (Å²) >= 11 is 0. The van der Waals surface area contributed by atoms with E-state index in [1.54, 1.807) is 7.05 Å². The SMILES string of the molecule is CN/C(C(C)=O)=C(/N)C=N. The lowest BCUT2D eigenvalue weighted by atomic mass is 10.2. The van der Waals surface area contributed by atoms with Crippen LogP contribution in [0.15, 0.2) is 11.4 Å². The lowest BCUT2D eigenvalue weighted by molar-refractivity contribution is -0.113. The van der Waals surface area contributed by atoms with Crippen LogP contribution in [0.3, 0.4) is 0 Å². The van der Waals surface area contributed by atoms with Crippen LogP contribution < -0.4 is 11.1 Å². The lowest BCUT2D eigenvalue weighted by Gasteiger charge is -2.02. The molecular formula is C6H11N3O. The first-order chi connectivity index (χ1) is 4.63. The fourth-order valence-corrected chi connectivity index (χ4v) is 0.596.